The van der Waals surface area contributed by atoms with E-state index < -0.39 is 58.1 Å². The van der Waals surface area contributed by atoms with Gasteiger partial charge in [0.05, 0.1) is 23.5 Å². The van der Waals surface area contributed by atoms with Gasteiger partial charge in [0.1, 0.15) is 13.9 Å². The van der Waals surface area contributed by atoms with Crippen molar-refractivity contribution in [2.45, 2.75) is 35.5 Å². The van der Waals surface area contributed by atoms with Crippen molar-refractivity contribution in [1.29, 1.82) is 0 Å². The molecule has 0 saturated carbocycles. The number of nitrogens with one attached hydrogen (secondary N) is 1. The summed E-state index contributed by atoms with van der Waals surface area (Å²) in [4.78, 5) is 51.5. The molecule has 0 spiro atoms. The molecule has 10 radical (unpaired) electrons. The Labute approximate surface area is 222 Å². The average Bonchev–Trinajstić information content (AvgIpc) is 3.16. The van der Waals surface area contributed by atoms with Crippen molar-refractivity contribution in [2.75, 3.05) is 0 Å². The van der Waals surface area contributed by atoms with Gasteiger partial charge in [-0.2, -0.15) is 8.78 Å². The molecule has 37 heavy (non-hydrogen) atoms. The third-order valence-electron chi connectivity index (χ3n) is 6.40. The van der Waals surface area contributed by atoms with Crippen LogP contribution in [0.2, 0.25) is 16.1 Å². The molecule has 176 valence electrons. The molecule has 7 nitrogen and oxygen atoms in total. The lowest BCUT2D eigenvalue weighted by atomic mass is 9.38. The summed E-state index contributed by atoms with van der Waals surface area (Å²) in [5.41, 5.74) is 0.107. The fourth-order valence-electron chi connectivity index (χ4n) is 4.26. The highest BCUT2D eigenvalue weighted by Gasteiger charge is 2.53. The van der Waals surface area contributed by atoms with Gasteiger partial charge in [0.25, 0.3) is 11.8 Å². The van der Waals surface area contributed by atoms with Gasteiger partial charge in [0, 0.05) is 28.6 Å². The highest BCUT2D eigenvalue weighted by Crippen LogP contribution is 2.45. The maximum absolute atomic E-state index is 14.6. The number of carbonyl (C=O) groups excluding carboxylic acids is 4. The van der Waals surface area contributed by atoms with Crippen molar-refractivity contribution in [3.05, 3.63) is 69.7 Å². The minimum atomic E-state index is -3.90. The van der Waals surface area contributed by atoms with Crippen LogP contribution in [0.15, 0.2) is 42.5 Å². The SMILES string of the molecule is [B]C(NC(=O)C(F)(F)c1ccc(Cl)cc1)c1ccc2c(c1)CN(C1C(=O)N([B])C(=O)C([B])C1([B])[B])C2=O. The Morgan fingerprint density at radius 2 is 1.73 bits per heavy atom. The van der Waals surface area contributed by atoms with Crippen LogP contribution in [0.5, 0.6) is 0 Å². The van der Waals surface area contributed by atoms with Crippen LogP contribution < -0.4 is 5.32 Å². The van der Waals surface area contributed by atoms with Crippen LogP contribution in [0.1, 0.15) is 33.0 Å². The van der Waals surface area contributed by atoms with Gasteiger partial charge in [-0.05, 0) is 35.1 Å². The molecule has 2 heterocycles. The Kier molecular flexibility index (Phi) is 6.86. The summed E-state index contributed by atoms with van der Waals surface area (Å²) in [5, 5.41) is 0.151. The fourth-order valence-corrected chi connectivity index (χ4v) is 4.39. The molecular formula is C22H13B5ClF2N3O4. The van der Waals surface area contributed by atoms with Crippen molar-refractivity contribution in [3.63, 3.8) is 0 Å². The molecule has 3 unspecified atom stereocenters. The molecule has 4 amide bonds. The normalized spacial score (nSPS) is 22.1. The quantitative estimate of drug-likeness (QED) is 0.471. The monoisotopic (exact) mass is 511 g/mol. The van der Waals surface area contributed by atoms with Crippen molar-refractivity contribution in [2.24, 2.45) is 0 Å². The van der Waals surface area contributed by atoms with Crippen molar-refractivity contribution < 1.29 is 28.0 Å². The van der Waals surface area contributed by atoms with E-state index in [0.29, 0.717) is 5.56 Å². The van der Waals surface area contributed by atoms with E-state index >= 15 is 0 Å². The van der Waals surface area contributed by atoms with Crippen molar-refractivity contribution >= 4 is 74.6 Å². The number of rotatable bonds is 5. The largest absolute Gasteiger partial charge is 0.352 e. The number of imide groups is 1. The predicted octanol–water partition coefficient (Wildman–Crippen LogP) is 0.602. The van der Waals surface area contributed by atoms with Gasteiger partial charge < -0.3 is 15.0 Å². The number of piperidine rings is 1. The third kappa shape index (κ3) is 4.49. The van der Waals surface area contributed by atoms with Gasteiger partial charge in [-0.25, -0.2) is 0 Å². The molecule has 0 aliphatic carbocycles. The van der Waals surface area contributed by atoms with Gasteiger partial charge in [-0.15, -0.1) is 0 Å². The summed E-state index contributed by atoms with van der Waals surface area (Å²) in [5.74, 6) is -11.2. The number of amides is 4. The van der Waals surface area contributed by atoms with E-state index in [1.54, 1.807) is 0 Å². The van der Waals surface area contributed by atoms with E-state index in [-0.39, 0.29) is 27.5 Å². The van der Waals surface area contributed by atoms with E-state index in [9.17, 15) is 28.0 Å². The number of fused-ring (bicyclic) bond motifs is 1. The molecule has 2 aliphatic rings. The molecule has 1 saturated heterocycles. The minimum absolute atomic E-state index is 0.145. The highest BCUT2D eigenvalue weighted by atomic mass is 35.5. The first-order valence-corrected chi connectivity index (χ1v) is 11.2. The number of halogens is 3. The first-order valence-electron chi connectivity index (χ1n) is 10.8. The molecule has 15 heteroatoms. The van der Waals surface area contributed by atoms with Gasteiger partial charge in [-0.1, -0.05) is 41.1 Å². The number of benzene rings is 2. The van der Waals surface area contributed by atoms with Crippen LogP contribution in [-0.4, -0.2) is 78.7 Å². The molecule has 0 bridgehead atoms. The summed E-state index contributed by atoms with van der Waals surface area (Å²) < 4.78 is 29.2. The van der Waals surface area contributed by atoms with E-state index in [4.69, 9.17) is 51.0 Å². The minimum Gasteiger partial charge on any atom is -0.352 e. The number of hydrogen-bond acceptors (Lipinski definition) is 4. The second-order valence-electron chi connectivity index (χ2n) is 8.81. The molecule has 2 aromatic rings. The van der Waals surface area contributed by atoms with E-state index in [1.807, 2.05) is 5.32 Å². The standard InChI is InChI=1S/C22H13B5ClF2N3O4/c23-14-18(35)33(27)19(36)15(21(14,25)26)32-8-10-7-9(1-6-13(10)17(32)34)16(24)31-20(37)22(29,30)11-2-4-12(28)5-3-11/h1-7,14-16H,8H2,(H,31,37). The molecule has 4 rings (SSSR count). The maximum Gasteiger partial charge on any atom is 0.349 e. The van der Waals surface area contributed by atoms with Crippen LogP contribution in [-0.2, 0) is 26.9 Å². The summed E-state index contributed by atoms with van der Waals surface area (Å²) >= 11 is 5.71. The van der Waals surface area contributed by atoms with Crippen LogP contribution >= 0.6 is 11.6 Å². The Bertz CT molecular complexity index is 1310. The molecule has 1 N–H and O–H groups in total. The summed E-state index contributed by atoms with van der Waals surface area (Å²) in [6.45, 7) is -0.203. The van der Waals surface area contributed by atoms with Crippen LogP contribution in [0.3, 0.4) is 0 Å². The van der Waals surface area contributed by atoms with Crippen LogP contribution in [0.25, 0.3) is 0 Å². The van der Waals surface area contributed by atoms with Gasteiger partial charge >= 0.3 is 5.92 Å². The Morgan fingerprint density at radius 3 is 2.35 bits per heavy atom. The van der Waals surface area contributed by atoms with Gasteiger partial charge in [0.2, 0.25) is 19.8 Å². The van der Waals surface area contributed by atoms with E-state index in [0.717, 1.165) is 17.0 Å². The fraction of sp³-hybridized carbons (Fsp3) is 0.273. The Morgan fingerprint density at radius 1 is 1.11 bits per heavy atom. The highest BCUT2D eigenvalue weighted by molar-refractivity contribution is 6.52. The molecule has 1 fully saturated rings. The van der Waals surface area contributed by atoms with Gasteiger partial charge in [-0.3, -0.25) is 19.2 Å². The number of nitrogens with zero attached hydrogens (tertiary/aromatic N) is 2. The Balaban J connectivity index is 1.55. The predicted molar refractivity (Wildman–Crippen MR) is 133 cm³/mol. The smallest absolute Gasteiger partial charge is 0.349 e. The number of hydrogen-bond donors (Lipinski definition) is 1. The topological polar surface area (TPSA) is 86.8 Å². The van der Waals surface area contributed by atoms with Crippen LogP contribution in [0, 0.1) is 0 Å². The van der Waals surface area contributed by atoms with Crippen molar-refractivity contribution in [1.82, 2.24) is 15.0 Å². The third-order valence-corrected chi connectivity index (χ3v) is 6.65. The zero-order chi connectivity index (χ0) is 27.4. The second kappa shape index (κ2) is 9.38. The average molecular weight is 511 g/mol. The molecule has 2 aliphatic heterocycles. The molecule has 0 aromatic heterocycles. The first kappa shape index (κ1) is 27.0. The number of alkyl halides is 2. The van der Waals surface area contributed by atoms with E-state index in [1.165, 1.54) is 30.3 Å². The van der Waals surface area contributed by atoms with Crippen molar-refractivity contribution in [3.8, 4) is 0 Å². The van der Waals surface area contributed by atoms with Gasteiger partial charge in [0.15, 0.2) is 0 Å². The zero-order valence-electron chi connectivity index (χ0n) is 19.0. The number of carbonyl (C=O) groups is 4. The zero-order valence-corrected chi connectivity index (χ0v) is 19.8. The maximum atomic E-state index is 14.6. The summed E-state index contributed by atoms with van der Waals surface area (Å²) in [7, 11) is 29.3. The first-order chi connectivity index (χ1) is 17.2. The molecule has 3 atom stereocenters. The Hall–Kier alpha value is -3.01. The van der Waals surface area contributed by atoms with E-state index in [2.05, 4.69) is 0 Å². The van der Waals surface area contributed by atoms with Crippen LogP contribution in [0.4, 0.5) is 8.78 Å². The summed E-state index contributed by atoms with van der Waals surface area (Å²) in [6.07, 6.45) is 0. The second-order valence-corrected chi connectivity index (χ2v) is 9.25. The molecule has 2 aromatic carbocycles. The lowest BCUT2D eigenvalue weighted by molar-refractivity contribution is -0.147. The lowest BCUT2D eigenvalue weighted by Gasteiger charge is -2.49. The molecular weight excluding hydrogens is 498 g/mol. The summed E-state index contributed by atoms with van der Waals surface area (Å²) in [6, 6.07) is 7.04. The lowest BCUT2D eigenvalue weighted by Crippen LogP contribution is -2.63.